The zero-order valence-corrected chi connectivity index (χ0v) is 11.8. The Hall–Kier alpha value is -1.10. The van der Waals surface area contributed by atoms with Gasteiger partial charge >= 0.3 is 0 Å². The zero-order valence-electron chi connectivity index (χ0n) is 11.0. The second-order valence-electron chi connectivity index (χ2n) is 5.30. The number of nitrogen functional groups attached to an aromatic ring is 1. The van der Waals surface area contributed by atoms with Gasteiger partial charge in [0.25, 0.3) is 5.91 Å². The van der Waals surface area contributed by atoms with Gasteiger partial charge < -0.3 is 11.1 Å². The van der Waals surface area contributed by atoms with Crippen molar-refractivity contribution in [2.75, 3.05) is 12.3 Å². The van der Waals surface area contributed by atoms with E-state index in [9.17, 15) is 4.79 Å². The summed E-state index contributed by atoms with van der Waals surface area (Å²) in [7, 11) is 0. The molecule has 1 aliphatic carbocycles. The number of nitrogens with two attached hydrogens (primary N) is 1. The molecule has 1 heterocycles. The summed E-state index contributed by atoms with van der Waals surface area (Å²) in [6, 6.07) is 0. The Morgan fingerprint density at radius 2 is 2.11 bits per heavy atom. The summed E-state index contributed by atoms with van der Waals surface area (Å²) < 4.78 is 0. The SMILES string of the molecule is Cc1nc(N)sc1C(=O)NCC1CCC(C)CC1. The molecule has 4 nitrogen and oxygen atoms in total. The summed E-state index contributed by atoms with van der Waals surface area (Å²) in [5.74, 6) is 1.46. The fourth-order valence-electron chi connectivity index (χ4n) is 2.48. The number of aryl methyl sites for hydroxylation is 1. The third-order valence-electron chi connectivity index (χ3n) is 3.71. The van der Waals surface area contributed by atoms with E-state index >= 15 is 0 Å². The maximum Gasteiger partial charge on any atom is 0.263 e. The Bertz CT molecular complexity index is 422. The molecule has 0 atom stereocenters. The Balaban J connectivity index is 1.83. The summed E-state index contributed by atoms with van der Waals surface area (Å²) in [5, 5.41) is 3.48. The number of carbonyl (C=O) groups excluding carboxylic acids is 1. The highest BCUT2D eigenvalue weighted by atomic mass is 32.1. The summed E-state index contributed by atoms with van der Waals surface area (Å²) in [6.45, 7) is 4.91. The van der Waals surface area contributed by atoms with E-state index in [1.807, 2.05) is 6.92 Å². The number of aromatic nitrogens is 1. The molecule has 0 unspecified atom stereocenters. The van der Waals surface area contributed by atoms with Gasteiger partial charge in [-0.25, -0.2) is 4.98 Å². The van der Waals surface area contributed by atoms with Gasteiger partial charge in [-0.3, -0.25) is 4.79 Å². The molecule has 1 aliphatic rings. The first-order chi connectivity index (χ1) is 8.56. The quantitative estimate of drug-likeness (QED) is 0.884. The minimum absolute atomic E-state index is 0.0275. The highest BCUT2D eigenvalue weighted by Crippen LogP contribution is 2.28. The van der Waals surface area contributed by atoms with Gasteiger partial charge in [-0.1, -0.05) is 31.1 Å². The molecule has 2 rings (SSSR count). The van der Waals surface area contributed by atoms with Gasteiger partial charge in [0.2, 0.25) is 0 Å². The lowest BCUT2D eigenvalue weighted by Crippen LogP contribution is -2.31. The number of nitrogens with one attached hydrogen (secondary N) is 1. The van der Waals surface area contributed by atoms with E-state index in [1.165, 1.54) is 37.0 Å². The van der Waals surface area contributed by atoms with E-state index in [0.717, 1.165) is 18.2 Å². The average Bonchev–Trinajstić information content (AvgIpc) is 2.67. The van der Waals surface area contributed by atoms with Crippen LogP contribution in [0.2, 0.25) is 0 Å². The number of hydrogen-bond donors (Lipinski definition) is 2. The predicted molar refractivity (Wildman–Crippen MR) is 74.7 cm³/mol. The van der Waals surface area contributed by atoms with Crippen molar-refractivity contribution in [3.63, 3.8) is 0 Å². The van der Waals surface area contributed by atoms with Crippen molar-refractivity contribution in [1.82, 2.24) is 10.3 Å². The van der Waals surface area contributed by atoms with Crippen molar-refractivity contribution in [1.29, 1.82) is 0 Å². The standard InChI is InChI=1S/C13H21N3OS/c1-8-3-5-10(6-4-8)7-15-12(17)11-9(2)16-13(14)18-11/h8,10H,3-7H2,1-2H3,(H2,14,16)(H,15,17). The third-order valence-corrected chi connectivity index (χ3v) is 4.69. The highest BCUT2D eigenvalue weighted by molar-refractivity contribution is 7.17. The summed E-state index contributed by atoms with van der Waals surface area (Å²) in [4.78, 5) is 16.7. The van der Waals surface area contributed by atoms with E-state index in [-0.39, 0.29) is 5.91 Å². The minimum atomic E-state index is -0.0275. The average molecular weight is 267 g/mol. The summed E-state index contributed by atoms with van der Waals surface area (Å²) >= 11 is 1.26. The van der Waals surface area contributed by atoms with Gasteiger partial charge in [-0.15, -0.1) is 0 Å². The van der Waals surface area contributed by atoms with Crippen LogP contribution < -0.4 is 11.1 Å². The monoisotopic (exact) mass is 267 g/mol. The molecule has 0 aromatic carbocycles. The van der Waals surface area contributed by atoms with Crippen molar-refractivity contribution in [2.45, 2.75) is 39.5 Å². The summed E-state index contributed by atoms with van der Waals surface area (Å²) in [5.41, 5.74) is 6.33. The number of carbonyl (C=O) groups is 1. The molecule has 0 saturated heterocycles. The lowest BCUT2D eigenvalue weighted by atomic mass is 9.83. The Labute approximate surface area is 112 Å². The maximum absolute atomic E-state index is 12.0. The third kappa shape index (κ3) is 3.22. The van der Waals surface area contributed by atoms with Gasteiger partial charge in [-0.05, 0) is 31.6 Å². The minimum Gasteiger partial charge on any atom is -0.375 e. The van der Waals surface area contributed by atoms with Crippen LogP contribution in [-0.4, -0.2) is 17.4 Å². The molecule has 1 aromatic heterocycles. The van der Waals surface area contributed by atoms with E-state index in [1.54, 1.807) is 0 Å². The lowest BCUT2D eigenvalue weighted by molar-refractivity contribution is 0.0945. The van der Waals surface area contributed by atoms with Crippen molar-refractivity contribution in [2.24, 2.45) is 11.8 Å². The van der Waals surface area contributed by atoms with E-state index in [0.29, 0.717) is 15.9 Å². The normalized spacial score (nSPS) is 23.9. The molecule has 3 N–H and O–H groups in total. The topological polar surface area (TPSA) is 68.0 Å². The van der Waals surface area contributed by atoms with Gasteiger partial charge in [0.15, 0.2) is 5.13 Å². The molecule has 0 radical (unpaired) electrons. The van der Waals surface area contributed by atoms with E-state index in [4.69, 9.17) is 5.73 Å². The maximum atomic E-state index is 12.0. The summed E-state index contributed by atoms with van der Waals surface area (Å²) in [6.07, 6.45) is 5.02. The molecule has 1 aromatic rings. The predicted octanol–water partition coefficient (Wildman–Crippen LogP) is 2.59. The van der Waals surface area contributed by atoms with Crippen LogP contribution >= 0.6 is 11.3 Å². The Kier molecular flexibility index (Phi) is 4.22. The number of nitrogens with zero attached hydrogens (tertiary/aromatic N) is 1. The van der Waals surface area contributed by atoms with Crippen molar-refractivity contribution < 1.29 is 4.79 Å². The Morgan fingerprint density at radius 1 is 1.44 bits per heavy atom. The van der Waals surface area contributed by atoms with Crippen LogP contribution in [0.4, 0.5) is 5.13 Å². The van der Waals surface area contributed by atoms with Gasteiger partial charge in [0, 0.05) is 6.54 Å². The molecular formula is C13H21N3OS. The second kappa shape index (κ2) is 5.69. The molecular weight excluding hydrogens is 246 g/mol. The molecule has 0 aliphatic heterocycles. The van der Waals surface area contributed by atoms with Crippen molar-refractivity contribution >= 4 is 22.4 Å². The number of thiazole rings is 1. The largest absolute Gasteiger partial charge is 0.375 e. The number of rotatable bonds is 3. The number of amides is 1. The zero-order chi connectivity index (χ0) is 13.1. The van der Waals surface area contributed by atoms with Crippen LogP contribution in [0.1, 0.15) is 48.0 Å². The van der Waals surface area contributed by atoms with Crippen LogP contribution in [0.5, 0.6) is 0 Å². The highest BCUT2D eigenvalue weighted by Gasteiger charge is 2.20. The lowest BCUT2D eigenvalue weighted by Gasteiger charge is -2.26. The first kappa shape index (κ1) is 13.3. The van der Waals surface area contributed by atoms with Crippen LogP contribution in [0.25, 0.3) is 0 Å². The fourth-order valence-corrected chi connectivity index (χ4v) is 3.23. The van der Waals surface area contributed by atoms with Crippen LogP contribution in [-0.2, 0) is 0 Å². The van der Waals surface area contributed by atoms with E-state index < -0.39 is 0 Å². The van der Waals surface area contributed by atoms with Gasteiger partial charge in [0.05, 0.1) is 5.69 Å². The van der Waals surface area contributed by atoms with Crippen LogP contribution in [0, 0.1) is 18.8 Å². The van der Waals surface area contributed by atoms with Gasteiger partial charge in [-0.2, -0.15) is 0 Å². The Morgan fingerprint density at radius 3 is 2.67 bits per heavy atom. The van der Waals surface area contributed by atoms with Gasteiger partial charge in [0.1, 0.15) is 4.88 Å². The second-order valence-corrected chi connectivity index (χ2v) is 6.33. The molecule has 1 saturated carbocycles. The van der Waals surface area contributed by atoms with Crippen molar-refractivity contribution in [3.8, 4) is 0 Å². The molecule has 18 heavy (non-hydrogen) atoms. The van der Waals surface area contributed by atoms with Crippen molar-refractivity contribution in [3.05, 3.63) is 10.6 Å². The van der Waals surface area contributed by atoms with Crippen LogP contribution in [0.3, 0.4) is 0 Å². The molecule has 0 spiro atoms. The van der Waals surface area contributed by atoms with Crippen LogP contribution in [0.15, 0.2) is 0 Å². The first-order valence-corrected chi connectivity index (χ1v) is 7.39. The fraction of sp³-hybridized carbons (Fsp3) is 0.692. The molecule has 100 valence electrons. The smallest absolute Gasteiger partial charge is 0.263 e. The molecule has 1 fully saturated rings. The molecule has 1 amide bonds. The number of hydrogen-bond acceptors (Lipinski definition) is 4. The molecule has 5 heteroatoms. The first-order valence-electron chi connectivity index (χ1n) is 6.57. The molecule has 0 bridgehead atoms. The van der Waals surface area contributed by atoms with E-state index in [2.05, 4.69) is 17.2 Å². The number of anilines is 1.